The van der Waals surface area contributed by atoms with Crippen molar-refractivity contribution in [3.05, 3.63) is 54.1 Å². The highest BCUT2D eigenvalue weighted by atomic mass is 16.5. The average molecular weight is 409 g/mol. The fourth-order valence-electron chi connectivity index (χ4n) is 3.60. The Kier molecular flexibility index (Phi) is 5.99. The molecule has 2 aliphatic rings. The third-order valence-corrected chi connectivity index (χ3v) is 5.24. The zero-order valence-electron chi connectivity index (χ0n) is 16.5. The van der Waals surface area contributed by atoms with Crippen LogP contribution >= 0.6 is 0 Å². The largest absolute Gasteiger partial charge is 0.368 e. The SMILES string of the molecule is O=C(Nc1cccc(C(=O)N2CCN(C(=O)c3cnccn3)CC2)c1)C1CCCO1. The van der Waals surface area contributed by atoms with E-state index < -0.39 is 6.10 Å². The number of nitrogens with one attached hydrogen (secondary N) is 1. The minimum Gasteiger partial charge on any atom is -0.368 e. The standard InChI is InChI=1S/C21H23N5O4/c27-19(18-5-2-12-30-18)24-16-4-1-3-15(13-16)20(28)25-8-10-26(11-9-25)21(29)17-14-22-6-7-23-17/h1,3-4,6-7,13-14,18H,2,5,8-12H2,(H,24,27). The quantitative estimate of drug-likeness (QED) is 0.813. The Morgan fingerprint density at radius 2 is 1.80 bits per heavy atom. The fourth-order valence-corrected chi connectivity index (χ4v) is 3.60. The zero-order chi connectivity index (χ0) is 20.9. The number of anilines is 1. The highest BCUT2D eigenvalue weighted by Gasteiger charge is 2.27. The summed E-state index contributed by atoms with van der Waals surface area (Å²) in [5, 5.41) is 2.82. The Balaban J connectivity index is 1.35. The van der Waals surface area contributed by atoms with Gasteiger partial charge in [0.15, 0.2) is 0 Å². The molecule has 0 aliphatic carbocycles. The highest BCUT2D eigenvalue weighted by molar-refractivity contribution is 5.98. The maximum atomic E-state index is 12.9. The van der Waals surface area contributed by atoms with Crippen LogP contribution in [0.5, 0.6) is 0 Å². The van der Waals surface area contributed by atoms with Gasteiger partial charge in [0.2, 0.25) is 0 Å². The second kappa shape index (κ2) is 9.00. The van der Waals surface area contributed by atoms with Crippen LogP contribution in [0.4, 0.5) is 5.69 Å². The molecule has 4 rings (SSSR count). The lowest BCUT2D eigenvalue weighted by molar-refractivity contribution is -0.124. The minimum absolute atomic E-state index is 0.130. The van der Waals surface area contributed by atoms with Crippen molar-refractivity contribution in [1.82, 2.24) is 19.8 Å². The minimum atomic E-state index is -0.427. The van der Waals surface area contributed by atoms with Crippen molar-refractivity contribution >= 4 is 23.4 Å². The molecule has 2 aromatic rings. The van der Waals surface area contributed by atoms with Gasteiger partial charge >= 0.3 is 0 Å². The summed E-state index contributed by atoms with van der Waals surface area (Å²) in [4.78, 5) is 49.0. The number of carbonyl (C=O) groups excluding carboxylic acids is 3. The molecule has 0 bridgehead atoms. The molecule has 2 aliphatic heterocycles. The molecule has 0 saturated carbocycles. The lowest BCUT2D eigenvalue weighted by Gasteiger charge is -2.34. The number of benzene rings is 1. The number of piperazine rings is 1. The molecule has 1 aromatic heterocycles. The van der Waals surface area contributed by atoms with E-state index in [0.717, 1.165) is 6.42 Å². The molecule has 9 heteroatoms. The topological polar surface area (TPSA) is 105 Å². The number of carbonyl (C=O) groups is 3. The summed E-state index contributed by atoms with van der Waals surface area (Å²) in [7, 11) is 0. The Morgan fingerprint density at radius 3 is 2.47 bits per heavy atom. The summed E-state index contributed by atoms with van der Waals surface area (Å²) < 4.78 is 5.39. The molecule has 1 N–H and O–H groups in total. The molecular formula is C21H23N5O4. The van der Waals surface area contributed by atoms with Crippen LogP contribution in [0.3, 0.4) is 0 Å². The number of hydrogen-bond acceptors (Lipinski definition) is 6. The van der Waals surface area contributed by atoms with E-state index in [1.54, 1.807) is 34.1 Å². The van der Waals surface area contributed by atoms with E-state index in [1.165, 1.54) is 18.6 Å². The lowest BCUT2D eigenvalue weighted by atomic mass is 10.1. The molecule has 0 radical (unpaired) electrons. The van der Waals surface area contributed by atoms with E-state index in [0.29, 0.717) is 56.2 Å². The van der Waals surface area contributed by atoms with E-state index in [1.807, 2.05) is 0 Å². The van der Waals surface area contributed by atoms with Crippen molar-refractivity contribution in [3.8, 4) is 0 Å². The first-order valence-electron chi connectivity index (χ1n) is 9.99. The van der Waals surface area contributed by atoms with Gasteiger partial charge in [-0.3, -0.25) is 19.4 Å². The highest BCUT2D eigenvalue weighted by Crippen LogP contribution is 2.18. The molecule has 2 saturated heterocycles. The molecule has 30 heavy (non-hydrogen) atoms. The fraction of sp³-hybridized carbons (Fsp3) is 0.381. The Morgan fingerprint density at radius 1 is 1.03 bits per heavy atom. The van der Waals surface area contributed by atoms with Crippen molar-refractivity contribution in [2.24, 2.45) is 0 Å². The summed E-state index contributed by atoms with van der Waals surface area (Å²) in [6, 6.07) is 6.89. The van der Waals surface area contributed by atoms with Gasteiger partial charge in [0.25, 0.3) is 17.7 Å². The molecule has 0 spiro atoms. The summed E-state index contributed by atoms with van der Waals surface area (Å²) in [5.41, 5.74) is 1.36. The summed E-state index contributed by atoms with van der Waals surface area (Å²) in [6.45, 7) is 2.31. The zero-order valence-corrected chi connectivity index (χ0v) is 16.5. The molecule has 2 fully saturated rings. The van der Waals surface area contributed by atoms with Gasteiger partial charge in [-0.05, 0) is 31.0 Å². The molecule has 1 atom stereocenters. The van der Waals surface area contributed by atoms with E-state index in [9.17, 15) is 14.4 Å². The van der Waals surface area contributed by atoms with Gasteiger partial charge in [0, 0.05) is 56.4 Å². The molecule has 3 amide bonds. The van der Waals surface area contributed by atoms with Crippen LogP contribution in [-0.2, 0) is 9.53 Å². The van der Waals surface area contributed by atoms with Crippen LogP contribution in [0.25, 0.3) is 0 Å². The Hall–Kier alpha value is -3.33. The smallest absolute Gasteiger partial charge is 0.274 e. The second-order valence-corrected chi connectivity index (χ2v) is 7.25. The van der Waals surface area contributed by atoms with E-state index in [2.05, 4.69) is 15.3 Å². The third kappa shape index (κ3) is 4.46. The van der Waals surface area contributed by atoms with Crippen LogP contribution in [0, 0.1) is 0 Å². The van der Waals surface area contributed by atoms with Crippen LogP contribution < -0.4 is 5.32 Å². The molecule has 9 nitrogen and oxygen atoms in total. The second-order valence-electron chi connectivity index (χ2n) is 7.25. The van der Waals surface area contributed by atoms with Crippen molar-refractivity contribution in [3.63, 3.8) is 0 Å². The van der Waals surface area contributed by atoms with Gasteiger partial charge in [-0.1, -0.05) is 6.07 Å². The normalized spacial score (nSPS) is 18.9. The molecule has 1 unspecified atom stereocenters. The predicted molar refractivity (Wildman–Crippen MR) is 108 cm³/mol. The maximum Gasteiger partial charge on any atom is 0.274 e. The number of rotatable bonds is 4. The van der Waals surface area contributed by atoms with Crippen LogP contribution in [0.2, 0.25) is 0 Å². The first kappa shape index (κ1) is 20.0. The maximum absolute atomic E-state index is 12.9. The monoisotopic (exact) mass is 409 g/mol. The van der Waals surface area contributed by atoms with E-state index >= 15 is 0 Å². The number of aromatic nitrogens is 2. The number of amides is 3. The van der Waals surface area contributed by atoms with Gasteiger partial charge < -0.3 is 19.9 Å². The lowest BCUT2D eigenvalue weighted by Crippen LogP contribution is -2.50. The molecular weight excluding hydrogens is 386 g/mol. The predicted octanol–water partition coefficient (Wildman–Crippen LogP) is 1.19. The molecule has 3 heterocycles. The third-order valence-electron chi connectivity index (χ3n) is 5.24. The van der Waals surface area contributed by atoms with Crippen LogP contribution in [-0.4, -0.2) is 76.4 Å². The molecule has 1 aromatic carbocycles. The van der Waals surface area contributed by atoms with Gasteiger partial charge in [0.1, 0.15) is 11.8 Å². The average Bonchev–Trinajstić information content (AvgIpc) is 3.34. The van der Waals surface area contributed by atoms with Crippen molar-refractivity contribution in [2.75, 3.05) is 38.1 Å². The van der Waals surface area contributed by atoms with Gasteiger partial charge in [-0.2, -0.15) is 0 Å². The summed E-state index contributed by atoms with van der Waals surface area (Å²) >= 11 is 0. The van der Waals surface area contributed by atoms with Gasteiger partial charge in [-0.25, -0.2) is 4.98 Å². The van der Waals surface area contributed by atoms with Gasteiger partial charge in [0.05, 0.1) is 6.20 Å². The Bertz CT molecular complexity index is 922. The molecule has 156 valence electrons. The summed E-state index contributed by atoms with van der Waals surface area (Å²) in [6.07, 6.45) is 5.60. The van der Waals surface area contributed by atoms with E-state index in [-0.39, 0.29) is 17.7 Å². The van der Waals surface area contributed by atoms with Crippen LogP contribution in [0.15, 0.2) is 42.9 Å². The number of nitrogens with zero attached hydrogens (tertiary/aromatic N) is 4. The number of hydrogen-bond donors (Lipinski definition) is 1. The van der Waals surface area contributed by atoms with Crippen LogP contribution in [0.1, 0.15) is 33.7 Å². The number of ether oxygens (including phenoxy) is 1. The Labute approximate surface area is 174 Å². The first-order chi connectivity index (χ1) is 14.6. The van der Waals surface area contributed by atoms with Crippen molar-refractivity contribution in [1.29, 1.82) is 0 Å². The van der Waals surface area contributed by atoms with Crippen molar-refractivity contribution in [2.45, 2.75) is 18.9 Å². The summed E-state index contributed by atoms with van der Waals surface area (Å²) in [5.74, 6) is -0.503. The van der Waals surface area contributed by atoms with Gasteiger partial charge in [-0.15, -0.1) is 0 Å². The first-order valence-corrected chi connectivity index (χ1v) is 9.99. The van der Waals surface area contributed by atoms with E-state index in [4.69, 9.17) is 4.74 Å². The van der Waals surface area contributed by atoms with Crippen molar-refractivity contribution < 1.29 is 19.1 Å².